The Balaban J connectivity index is 1.62. The van der Waals surface area contributed by atoms with Crippen LogP contribution in [0.3, 0.4) is 0 Å². The van der Waals surface area contributed by atoms with Gasteiger partial charge in [-0.1, -0.05) is 30.3 Å². The van der Waals surface area contributed by atoms with E-state index in [-0.39, 0.29) is 5.91 Å². The zero-order valence-corrected chi connectivity index (χ0v) is 13.4. The summed E-state index contributed by atoms with van der Waals surface area (Å²) >= 11 is 0. The minimum absolute atomic E-state index is 0.139. The second kappa shape index (κ2) is 7.59. The summed E-state index contributed by atoms with van der Waals surface area (Å²) in [5.74, 6) is -0.139. The van der Waals surface area contributed by atoms with Crippen molar-refractivity contribution in [3.05, 3.63) is 59.9 Å². The molecule has 0 bridgehead atoms. The van der Waals surface area contributed by atoms with Gasteiger partial charge in [0.05, 0.1) is 17.4 Å². The van der Waals surface area contributed by atoms with Crippen molar-refractivity contribution in [3.8, 4) is 0 Å². The van der Waals surface area contributed by atoms with Gasteiger partial charge in [0.1, 0.15) is 0 Å². The fraction of sp³-hybridized carbons (Fsp3) is 0.278. The maximum Gasteiger partial charge on any atom is 0.253 e. The Kier molecular flexibility index (Phi) is 5.05. The predicted molar refractivity (Wildman–Crippen MR) is 91.7 cm³/mol. The first-order valence-electron chi connectivity index (χ1n) is 7.98. The van der Waals surface area contributed by atoms with Crippen molar-refractivity contribution in [2.75, 3.05) is 31.1 Å². The van der Waals surface area contributed by atoms with E-state index in [1.807, 2.05) is 36.4 Å². The van der Waals surface area contributed by atoms with Crippen LogP contribution < -0.4 is 10.2 Å². The van der Waals surface area contributed by atoms with Crippen molar-refractivity contribution in [3.63, 3.8) is 0 Å². The van der Waals surface area contributed by atoms with Crippen LogP contribution in [-0.4, -0.2) is 48.4 Å². The van der Waals surface area contributed by atoms with Crippen LogP contribution in [0.4, 0.5) is 5.69 Å². The van der Waals surface area contributed by atoms with Gasteiger partial charge in [-0.3, -0.25) is 14.6 Å². The molecule has 24 heavy (non-hydrogen) atoms. The van der Waals surface area contributed by atoms with Crippen LogP contribution in [0.25, 0.3) is 0 Å². The first-order chi connectivity index (χ1) is 11.8. The molecule has 1 aliphatic rings. The van der Waals surface area contributed by atoms with Crippen molar-refractivity contribution >= 4 is 18.0 Å². The standard InChI is InChI=1S/C18H20N4O2/c23-14-21-6-8-22(9-7-21)17-10-16(12-19-13-17)18(24)20-11-15-4-2-1-3-5-15/h1-5,10,12-14H,6-9,11H2,(H,20,24). The number of piperazine rings is 1. The number of aromatic nitrogens is 1. The molecule has 0 spiro atoms. The number of rotatable bonds is 5. The van der Waals surface area contributed by atoms with Gasteiger partial charge < -0.3 is 15.1 Å². The second-order valence-electron chi connectivity index (χ2n) is 5.73. The summed E-state index contributed by atoms with van der Waals surface area (Å²) in [6.07, 6.45) is 4.21. The van der Waals surface area contributed by atoms with E-state index >= 15 is 0 Å². The summed E-state index contributed by atoms with van der Waals surface area (Å²) in [6.45, 7) is 3.36. The van der Waals surface area contributed by atoms with Gasteiger partial charge in [0.15, 0.2) is 0 Å². The summed E-state index contributed by atoms with van der Waals surface area (Å²) < 4.78 is 0. The number of benzene rings is 1. The molecule has 2 heterocycles. The third kappa shape index (κ3) is 3.90. The summed E-state index contributed by atoms with van der Waals surface area (Å²) in [4.78, 5) is 31.2. The molecule has 0 aliphatic carbocycles. The Morgan fingerprint density at radius 3 is 2.58 bits per heavy atom. The zero-order valence-electron chi connectivity index (χ0n) is 13.4. The molecule has 1 aliphatic heterocycles. The van der Waals surface area contributed by atoms with E-state index in [1.165, 1.54) is 0 Å². The number of anilines is 1. The molecule has 1 aromatic heterocycles. The van der Waals surface area contributed by atoms with Crippen molar-refractivity contribution in [2.45, 2.75) is 6.54 Å². The molecule has 0 atom stereocenters. The fourth-order valence-electron chi connectivity index (χ4n) is 2.69. The van der Waals surface area contributed by atoms with Crippen LogP contribution in [0.1, 0.15) is 15.9 Å². The third-order valence-corrected chi connectivity index (χ3v) is 4.11. The molecule has 0 saturated carbocycles. The number of hydrogen-bond acceptors (Lipinski definition) is 4. The normalized spacial score (nSPS) is 14.3. The topological polar surface area (TPSA) is 65.5 Å². The molecule has 1 fully saturated rings. The summed E-state index contributed by atoms with van der Waals surface area (Å²) in [7, 11) is 0. The lowest BCUT2D eigenvalue weighted by Crippen LogP contribution is -2.45. The molecule has 2 amide bonds. The number of carbonyl (C=O) groups excluding carboxylic acids is 2. The molecule has 0 unspecified atom stereocenters. The summed E-state index contributed by atoms with van der Waals surface area (Å²) in [6, 6.07) is 11.6. The molecule has 124 valence electrons. The van der Waals surface area contributed by atoms with E-state index in [2.05, 4.69) is 15.2 Å². The van der Waals surface area contributed by atoms with Crippen LogP contribution in [0, 0.1) is 0 Å². The minimum Gasteiger partial charge on any atom is -0.367 e. The number of amides is 2. The number of nitrogens with one attached hydrogen (secondary N) is 1. The fourth-order valence-corrected chi connectivity index (χ4v) is 2.69. The van der Waals surface area contributed by atoms with Crippen molar-refractivity contribution < 1.29 is 9.59 Å². The van der Waals surface area contributed by atoms with Crippen LogP contribution in [0.2, 0.25) is 0 Å². The molecule has 2 aromatic rings. The van der Waals surface area contributed by atoms with E-state index in [4.69, 9.17) is 0 Å². The molecule has 1 saturated heterocycles. The largest absolute Gasteiger partial charge is 0.367 e. The van der Waals surface area contributed by atoms with Gasteiger partial charge in [-0.05, 0) is 11.6 Å². The first kappa shape index (κ1) is 16.0. The van der Waals surface area contributed by atoms with Gasteiger partial charge >= 0.3 is 0 Å². The van der Waals surface area contributed by atoms with E-state index in [0.29, 0.717) is 25.2 Å². The number of nitrogens with zero attached hydrogens (tertiary/aromatic N) is 3. The Bertz CT molecular complexity index is 697. The van der Waals surface area contributed by atoms with Crippen LogP contribution >= 0.6 is 0 Å². The SMILES string of the molecule is O=CN1CCN(c2cncc(C(=O)NCc3ccccc3)c2)CC1. The summed E-state index contributed by atoms with van der Waals surface area (Å²) in [5, 5.41) is 2.91. The molecular weight excluding hydrogens is 304 g/mol. The Morgan fingerprint density at radius 2 is 1.88 bits per heavy atom. The number of hydrogen-bond donors (Lipinski definition) is 1. The lowest BCUT2D eigenvalue weighted by molar-refractivity contribution is -0.118. The zero-order chi connectivity index (χ0) is 16.8. The molecule has 0 radical (unpaired) electrons. The highest BCUT2D eigenvalue weighted by Crippen LogP contribution is 2.16. The lowest BCUT2D eigenvalue weighted by Gasteiger charge is -2.34. The highest BCUT2D eigenvalue weighted by atomic mass is 16.1. The van der Waals surface area contributed by atoms with Gasteiger partial charge in [-0.2, -0.15) is 0 Å². The monoisotopic (exact) mass is 324 g/mol. The van der Waals surface area contributed by atoms with Gasteiger partial charge in [-0.15, -0.1) is 0 Å². The van der Waals surface area contributed by atoms with E-state index < -0.39 is 0 Å². The van der Waals surface area contributed by atoms with Gasteiger partial charge in [-0.25, -0.2) is 0 Å². The van der Waals surface area contributed by atoms with Crippen molar-refractivity contribution in [1.82, 2.24) is 15.2 Å². The highest BCUT2D eigenvalue weighted by molar-refractivity contribution is 5.94. The van der Waals surface area contributed by atoms with E-state index in [0.717, 1.165) is 30.8 Å². The van der Waals surface area contributed by atoms with Gasteiger partial charge in [0, 0.05) is 38.9 Å². The van der Waals surface area contributed by atoms with Crippen molar-refractivity contribution in [2.24, 2.45) is 0 Å². The highest BCUT2D eigenvalue weighted by Gasteiger charge is 2.17. The Hall–Kier alpha value is -2.89. The Labute approximate surface area is 141 Å². The van der Waals surface area contributed by atoms with Crippen LogP contribution in [0.15, 0.2) is 48.8 Å². The first-order valence-corrected chi connectivity index (χ1v) is 7.98. The molecule has 6 nitrogen and oxygen atoms in total. The predicted octanol–water partition coefficient (Wildman–Crippen LogP) is 1.29. The number of pyridine rings is 1. The van der Waals surface area contributed by atoms with Gasteiger partial charge in [0.2, 0.25) is 6.41 Å². The summed E-state index contributed by atoms with van der Waals surface area (Å²) in [5.41, 5.74) is 2.51. The van der Waals surface area contributed by atoms with E-state index in [1.54, 1.807) is 17.3 Å². The molecular formula is C18H20N4O2. The average Bonchev–Trinajstić information content (AvgIpc) is 2.67. The average molecular weight is 324 g/mol. The van der Waals surface area contributed by atoms with Crippen molar-refractivity contribution in [1.29, 1.82) is 0 Å². The van der Waals surface area contributed by atoms with E-state index in [9.17, 15) is 9.59 Å². The Morgan fingerprint density at radius 1 is 1.12 bits per heavy atom. The quantitative estimate of drug-likeness (QED) is 0.842. The smallest absolute Gasteiger partial charge is 0.253 e. The minimum atomic E-state index is -0.139. The maximum atomic E-state index is 12.3. The molecule has 1 N–H and O–H groups in total. The maximum absolute atomic E-state index is 12.3. The lowest BCUT2D eigenvalue weighted by atomic mass is 10.2. The number of carbonyl (C=O) groups is 2. The molecule has 3 rings (SSSR count). The second-order valence-corrected chi connectivity index (χ2v) is 5.73. The molecule has 1 aromatic carbocycles. The van der Waals surface area contributed by atoms with Crippen LogP contribution in [0.5, 0.6) is 0 Å². The van der Waals surface area contributed by atoms with Crippen LogP contribution in [-0.2, 0) is 11.3 Å². The third-order valence-electron chi connectivity index (χ3n) is 4.11. The molecule has 6 heteroatoms. The van der Waals surface area contributed by atoms with Gasteiger partial charge in [0.25, 0.3) is 5.91 Å².